The number of nitrogens with two attached hydrogens (primary N) is 2. The lowest BCUT2D eigenvalue weighted by Crippen LogP contribution is -2.40. The zero-order valence-corrected chi connectivity index (χ0v) is 14.1. The van der Waals surface area contributed by atoms with Gasteiger partial charge in [0.2, 0.25) is 0 Å². The third-order valence-corrected chi connectivity index (χ3v) is 6.29. The minimum absolute atomic E-state index is 0.358. The quantitative estimate of drug-likeness (QED) is 0.716. The summed E-state index contributed by atoms with van der Waals surface area (Å²) in [5.74, 6) is 1.69. The molecule has 0 saturated carbocycles. The summed E-state index contributed by atoms with van der Waals surface area (Å²) in [6.45, 7) is 4.24. The molecule has 24 heavy (non-hydrogen) atoms. The maximum atomic E-state index is 6.28. The highest BCUT2D eigenvalue weighted by atomic mass is 14.6. The van der Waals surface area contributed by atoms with E-state index in [4.69, 9.17) is 11.5 Å². The summed E-state index contributed by atoms with van der Waals surface area (Å²) in [6.07, 6.45) is 4.70. The smallest absolute Gasteiger partial charge is 0.0346 e. The standard InChI is InChI=1S/C22H22N2/c1-11-7-15-17(9-19(11)23)22-14-6-4-3-5-13(14)21(15)16-8-12(2)20(24)10-18(16)22/h3-10,15,17,21-22H,23-24H2,1-2H3/t15?,17?,21-,22?/m1/s1. The van der Waals surface area contributed by atoms with Gasteiger partial charge in [-0.25, -0.2) is 0 Å². The van der Waals surface area contributed by atoms with Gasteiger partial charge in [0.25, 0.3) is 0 Å². The zero-order chi connectivity index (χ0) is 16.6. The average molecular weight is 314 g/mol. The van der Waals surface area contributed by atoms with Crippen LogP contribution in [0.5, 0.6) is 0 Å². The number of anilines is 1. The van der Waals surface area contributed by atoms with Gasteiger partial charge in [0.05, 0.1) is 0 Å². The summed E-state index contributed by atoms with van der Waals surface area (Å²) in [4.78, 5) is 0. The molecule has 4 atom stereocenters. The topological polar surface area (TPSA) is 52.0 Å². The molecule has 0 amide bonds. The van der Waals surface area contributed by atoms with Gasteiger partial charge in [0, 0.05) is 23.2 Å². The Labute approximate surface area is 142 Å². The maximum Gasteiger partial charge on any atom is 0.0346 e. The number of rotatable bonds is 0. The lowest BCUT2D eigenvalue weighted by Gasteiger charge is -2.50. The molecule has 0 aromatic heterocycles. The summed E-state index contributed by atoms with van der Waals surface area (Å²) >= 11 is 0. The van der Waals surface area contributed by atoms with E-state index in [1.807, 2.05) is 0 Å². The van der Waals surface area contributed by atoms with E-state index in [0.29, 0.717) is 23.7 Å². The normalized spacial score (nSPS) is 29.2. The Balaban J connectivity index is 1.84. The van der Waals surface area contributed by atoms with Crippen molar-refractivity contribution in [1.82, 2.24) is 0 Å². The number of hydrogen-bond acceptors (Lipinski definition) is 2. The first-order valence-corrected chi connectivity index (χ1v) is 8.71. The van der Waals surface area contributed by atoms with Crippen molar-refractivity contribution in [2.75, 3.05) is 5.73 Å². The van der Waals surface area contributed by atoms with Gasteiger partial charge in [0.1, 0.15) is 0 Å². The van der Waals surface area contributed by atoms with Gasteiger partial charge in [-0.05, 0) is 65.1 Å². The maximum absolute atomic E-state index is 6.28. The number of benzene rings is 2. The van der Waals surface area contributed by atoms with Gasteiger partial charge in [-0.1, -0.05) is 42.5 Å². The molecule has 4 N–H and O–H groups in total. The molecule has 4 aliphatic rings. The molecule has 0 saturated heterocycles. The third kappa shape index (κ3) is 1.61. The lowest BCUT2D eigenvalue weighted by atomic mass is 9.53. The first-order chi connectivity index (χ1) is 11.6. The SMILES string of the molecule is CC1=CC2C(C=C1N)C1c3ccccc3[C@H]2c2cc(C)c(N)cc21. The Bertz CT molecular complexity index is 859. The van der Waals surface area contributed by atoms with Crippen LogP contribution < -0.4 is 11.5 Å². The van der Waals surface area contributed by atoms with Gasteiger partial charge in [-0.2, -0.15) is 0 Å². The van der Waals surface area contributed by atoms with Crippen molar-refractivity contribution in [2.24, 2.45) is 17.6 Å². The van der Waals surface area contributed by atoms with E-state index in [1.165, 1.54) is 33.4 Å². The lowest BCUT2D eigenvalue weighted by molar-refractivity contribution is 0.327. The molecule has 0 aliphatic heterocycles. The Morgan fingerprint density at radius 2 is 1.33 bits per heavy atom. The molecule has 0 fully saturated rings. The van der Waals surface area contributed by atoms with Gasteiger partial charge in [-0.15, -0.1) is 0 Å². The summed E-state index contributed by atoms with van der Waals surface area (Å²) < 4.78 is 0. The van der Waals surface area contributed by atoms with Crippen molar-refractivity contribution in [3.05, 3.63) is 87.6 Å². The van der Waals surface area contributed by atoms with Gasteiger partial charge in [-0.3, -0.25) is 0 Å². The minimum atomic E-state index is 0.358. The van der Waals surface area contributed by atoms with Crippen LogP contribution in [0.2, 0.25) is 0 Å². The van der Waals surface area contributed by atoms with Crippen LogP contribution in [0, 0.1) is 18.8 Å². The molecule has 0 heterocycles. The predicted molar refractivity (Wildman–Crippen MR) is 98.7 cm³/mol. The highest BCUT2D eigenvalue weighted by Gasteiger charge is 2.49. The first kappa shape index (κ1) is 13.9. The summed E-state index contributed by atoms with van der Waals surface area (Å²) in [5, 5.41) is 0. The van der Waals surface area contributed by atoms with E-state index in [2.05, 4.69) is 62.4 Å². The molecular weight excluding hydrogens is 292 g/mol. The highest BCUT2D eigenvalue weighted by Crippen LogP contribution is 2.60. The van der Waals surface area contributed by atoms with Crippen molar-refractivity contribution < 1.29 is 0 Å². The molecule has 4 aliphatic carbocycles. The van der Waals surface area contributed by atoms with Crippen LogP contribution >= 0.6 is 0 Å². The van der Waals surface area contributed by atoms with E-state index >= 15 is 0 Å². The van der Waals surface area contributed by atoms with Crippen molar-refractivity contribution in [3.63, 3.8) is 0 Å². The molecule has 2 nitrogen and oxygen atoms in total. The fraction of sp³-hybridized carbons (Fsp3) is 0.273. The van der Waals surface area contributed by atoms with Crippen LogP contribution in [0.25, 0.3) is 0 Å². The average Bonchev–Trinajstić information content (AvgIpc) is 2.57. The summed E-state index contributed by atoms with van der Waals surface area (Å²) in [7, 11) is 0. The molecule has 0 radical (unpaired) electrons. The molecule has 2 bridgehead atoms. The zero-order valence-electron chi connectivity index (χ0n) is 14.1. The monoisotopic (exact) mass is 314 g/mol. The van der Waals surface area contributed by atoms with Crippen LogP contribution in [0.3, 0.4) is 0 Å². The van der Waals surface area contributed by atoms with E-state index in [9.17, 15) is 0 Å². The predicted octanol–water partition coefficient (Wildman–Crippen LogP) is 4.20. The van der Waals surface area contributed by atoms with Crippen LogP contribution in [0.15, 0.2) is 59.8 Å². The minimum Gasteiger partial charge on any atom is -0.399 e. The van der Waals surface area contributed by atoms with E-state index in [1.54, 1.807) is 0 Å². The summed E-state index contributed by atoms with van der Waals surface area (Å²) in [5.41, 5.74) is 22.6. The summed E-state index contributed by atoms with van der Waals surface area (Å²) in [6, 6.07) is 13.5. The second-order valence-corrected chi connectivity index (χ2v) is 7.55. The highest BCUT2D eigenvalue weighted by molar-refractivity contribution is 5.64. The molecule has 0 spiro atoms. The largest absolute Gasteiger partial charge is 0.399 e. The second-order valence-electron chi connectivity index (χ2n) is 7.55. The second kappa shape index (κ2) is 4.54. The fourth-order valence-electron chi connectivity index (χ4n) is 5.13. The Morgan fingerprint density at radius 1 is 0.750 bits per heavy atom. The van der Waals surface area contributed by atoms with Crippen molar-refractivity contribution >= 4 is 5.69 Å². The third-order valence-electron chi connectivity index (χ3n) is 6.29. The van der Waals surface area contributed by atoms with Crippen LogP contribution in [0.1, 0.15) is 46.6 Å². The van der Waals surface area contributed by atoms with Gasteiger partial charge >= 0.3 is 0 Å². The number of nitrogen functional groups attached to an aromatic ring is 1. The molecule has 2 aromatic rings. The van der Waals surface area contributed by atoms with E-state index < -0.39 is 0 Å². The molecule has 3 unspecified atom stereocenters. The molecule has 120 valence electrons. The van der Waals surface area contributed by atoms with Crippen molar-refractivity contribution in [1.29, 1.82) is 0 Å². The number of hydrogen-bond donors (Lipinski definition) is 2. The Hall–Kier alpha value is -2.48. The number of allylic oxidation sites excluding steroid dienone is 3. The fourth-order valence-corrected chi connectivity index (χ4v) is 5.13. The van der Waals surface area contributed by atoms with Crippen LogP contribution in [-0.4, -0.2) is 0 Å². The van der Waals surface area contributed by atoms with Gasteiger partial charge < -0.3 is 11.5 Å². The van der Waals surface area contributed by atoms with Crippen LogP contribution in [-0.2, 0) is 0 Å². The first-order valence-electron chi connectivity index (χ1n) is 8.71. The van der Waals surface area contributed by atoms with E-state index in [-0.39, 0.29) is 0 Å². The molecule has 2 aromatic carbocycles. The van der Waals surface area contributed by atoms with Crippen molar-refractivity contribution in [2.45, 2.75) is 25.7 Å². The van der Waals surface area contributed by atoms with Crippen LogP contribution in [0.4, 0.5) is 5.69 Å². The molecular formula is C22H22N2. The van der Waals surface area contributed by atoms with Crippen molar-refractivity contribution in [3.8, 4) is 0 Å². The molecule has 2 heteroatoms. The Kier molecular flexibility index (Phi) is 2.63. The number of aryl methyl sites for hydroxylation is 1. The molecule has 6 rings (SSSR count). The Morgan fingerprint density at radius 3 is 2.00 bits per heavy atom. The van der Waals surface area contributed by atoms with Gasteiger partial charge in [0.15, 0.2) is 0 Å². The van der Waals surface area contributed by atoms with E-state index in [0.717, 1.165) is 11.4 Å².